The predicted octanol–water partition coefficient (Wildman–Crippen LogP) is 4.53. The highest BCUT2D eigenvalue weighted by atomic mass is 16.7. The molecule has 4 aromatic rings. The SMILES string of the molecule is COc1ccccc1Cn1c(CN2CCCN(Cc3ccc4c(c3)OCO4)CC2)nc2ccccc21. The van der Waals surface area contributed by atoms with Crippen LogP contribution in [0.2, 0.25) is 0 Å². The number of methoxy groups -OCH3 is 1. The average molecular weight is 485 g/mol. The van der Waals surface area contributed by atoms with Gasteiger partial charge in [0.15, 0.2) is 11.5 Å². The van der Waals surface area contributed by atoms with Crippen LogP contribution in [0.15, 0.2) is 66.7 Å². The van der Waals surface area contributed by atoms with E-state index in [4.69, 9.17) is 19.2 Å². The summed E-state index contributed by atoms with van der Waals surface area (Å²) in [6.07, 6.45) is 1.14. The van der Waals surface area contributed by atoms with Gasteiger partial charge in [0.05, 0.1) is 31.2 Å². The van der Waals surface area contributed by atoms with E-state index in [9.17, 15) is 0 Å². The second-order valence-electron chi connectivity index (χ2n) is 9.51. The van der Waals surface area contributed by atoms with Crippen molar-refractivity contribution >= 4 is 11.0 Å². The maximum atomic E-state index is 5.63. The third-order valence-corrected chi connectivity index (χ3v) is 7.14. The summed E-state index contributed by atoms with van der Waals surface area (Å²) in [6, 6.07) is 23.0. The first-order valence-corrected chi connectivity index (χ1v) is 12.7. The number of imidazole rings is 1. The number of nitrogens with zero attached hydrogens (tertiary/aromatic N) is 4. The Bertz CT molecular complexity index is 1350. The maximum absolute atomic E-state index is 5.63. The van der Waals surface area contributed by atoms with Gasteiger partial charge in [-0.2, -0.15) is 0 Å². The van der Waals surface area contributed by atoms with Crippen LogP contribution in [0.5, 0.6) is 17.2 Å². The van der Waals surface area contributed by atoms with Crippen LogP contribution in [-0.2, 0) is 19.6 Å². The fraction of sp³-hybridized carbons (Fsp3) is 0.345. The maximum Gasteiger partial charge on any atom is 0.231 e. The molecule has 1 saturated heterocycles. The molecule has 186 valence electrons. The largest absolute Gasteiger partial charge is 0.496 e. The van der Waals surface area contributed by atoms with E-state index in [1.807, 2.05) is 18.2 Å². The lowest BCUT2D eigenvalue weighted by molar-refractivity contribution is 0.174. The van der Waals surface area contributed by atoms with Gasteiger partial charge < -0.3 is 18.8 Å². The zero-order valence-electron chi connectivity index (χ0n) is 20.7. The van der Waals surface area contributed by atoms with Crippen molar-refractivity contribution in [2.24, 2.45) is 0 Å². The predicted molar refractivity (Wildman–Crippen MR) is 140 cm³/mol. The van der Waals surface area contributed by atoms with Gasteiger partial charge in [0.25, 0.3) is 0 Å². The fourth-order valence-corrected chi connectivity index (χ4v) is 5.26. The second kappa shape index (κ2) is 10.2. The molecule has 0 spiro atoms. The zero-order chi connectivity index (χ0) is 24.3. The van der Waals surface area contributed by atoms with E-state index in [0.717, 1.165) is 91.9 Å². The van der Waals surface area contributed by atoms with Gasteiger partial charge in [-0.15, -0.1) is 0 Å². The number of hydrogen-bond acceptors (Lipinski definition) is 6. The van der Waals surface area contributed by atoms with Crippen molar-refractivity contribution in [1.82, 2.24) is 19.4 Å². The van der Waals surface area contributed by atoms with Crippen LogP contribution < -0.4 is 14.2 Å². The molecule has 1 aromatic heterocycles. The van der Waals surface area contributed by atoms with Gasteiger partial charge >= 0.3 is 0 Å². The normalized spacial score (nSPS) is 16.4. The standard InChI is InChI=1S/C29H32N4O3/c1-34-26-10-5-2-7-23(26)19-33-25-9-4-3-8-24(25)30-29(33)20-32-14-6-13-31(15-16-32)18-22-11-12-27-28(17-22)36-21-35-27/h2-5,7-12,17H,6,13-16,18-21H2,1H3. The summed E-state index contributed by atoms with van der Waals surface area (Å²) in [7, 11) is 1.73. The lowest BCUT2D eigenvalue weighted by atomic mass is 10.2. The first-order valence-electron chi connectivity index (χ1n) is 12.7. The van der Waals surface area contributed by atoms with Crippen molar-refractivity contribution in [3.05, 3.63) is 83.7 Å². The van der Waals surface area contributed by atoms with Gasteiger partial charge in [-0.05, 0) is 55.4 Å². The van der Waals surface area contributed by atoms with Crippen molar-refractivity contribution in [3.63, 3.8) is 0 Å². The van der Waals surface area contributed by atoms with Crippen molar-refractivity contribution in [1.29, 1.82) is 0 Å². The minimum Gasteiger partial charge on any atom is -0.496 e. The molecular formula is C29H32N4O3. The van der Waals surface area contributed by atoms with Crippen LogP contribution in [0.25, 0.3) is 11.0 Å². The van der Waals surface area contributed by atoms with Gasteiger partial charge in [-0.3, -0.25) is 9.80 Å². The quantitative estimate of drug-likeness (QED) is 0.384. The summed E-state index contributed by atoms with van der Waals surface area (Å²) in [5.74, 6) is 3.72. The molecule has 0 N–H and O–H groups in total. The molecule has 36 heavy (non-hydrogen) atoms. The molecule has 6 rings (SSSR count). The number of benzene rings is 3. The average Bonchev–Trinajstić information content (AvgIpc) is 3.44. The Morgan fingerprint density at radius 3 is 2.47 bits per heavy atom. The molecule has 3 aromatic carbocycles. The van der Waals surface area contributed by atoms with E-state index in [1.54, 1.807) is 7.11 Å². The second-order valence-corrected chi connectivity index (χ2v) is 9.51. The Morgan fingerprint density at radius 1 is 0.806 bits per heavy atom. The van der Waals surface area contributed by atoms with Gasteiger partial charge in [0.1, 0.15) is 11.6 Å². The Morgan fingerprint density at radius 2 is 1.58 bits per heavy atom. The van der Waals surface area contributed by atoms with E-state index >= 15 is 0 Å². The van der Waals surface area contributed by atoms with E-state index in [0.29, 0.717) is 6.79 Å². The van der Waals surface area contributed by atoms with E-state index < -0.39 is 0 Å². The van der Waals surface area contributed by atoms with Gasteiger partial charge in [0.2, 0.25) is 6.79 Å². The lowest BCUT2D eigenvalue weighted by Gasteiger charge is -2.22. The summed E-state index contributed by atoms with van der Waals surface area (Å²) < 4.78 is 19.0. The first-order chi connectivity index (χ1) is 17.8. The Labute approximate surface area is 211 Å². The lowest BCUT2D eigenvalue weighted by Crippen LogP contribution is -2.31. The molecule has 3 heterocycles. The van der Waals surface area contributed by atoms with Crippen molar-refractivity contribution in [2.75, 3.05) is 40.1 Å². The van der Waals surface area contributed by atoms with E-state index in [2.05, 4.69) is 62.9 Å². The molecule has 0 aliphatic carbocycles. The number of aromatic nitrogens is 2. The molecule has 2 aliphatic rings. The number of rotatable bonds is 7. The summed E-state index contributed by atoms with van der Waals surface area (Å²) >= 11 is 0. The number of para-hydroxylation sites is 3. The Kier molecular flexibility index (Phi) is 6.49. The highest BCUT2D eigenvalue weighted by molar-refractivity contribution is 5.76. The number of hydrogen-bond donors (Lipinski definition) is 0. The number of ether oxygens (including phenoxy) is 3. The summed E-state index contributed by atoms with van der Waals surface area (Å²) in [5.41, 5.74) is 4.64. The number of fused-ring (bicyclic) bond motifs is 2. The Balaban J connectivity index is 1.17. The van der Waals surface area contributed by atoms with Gasteiger partial charge in [0, 0.05) is 25.2 Å². The summed E-state index contributed by atoms with van der Waals surface area (Å²) in [6.45, 7) is 7.02. The van der Waals surface area contributed by atoms with Crippen LogP contribution >= 0.6 is 0 Å². The molecule has 0 unspecified atom stereocenters. The molecule has 2 aliphatic heterocycles. The van der Waals surface area contributed by atoms with E-state index in [1.165, 1.54) is 5.56 Å². The molecule has 0 bridgehead atoms. The molecule has 7 nitrogen and oxygen atoms in total. The molecule has 7 heteroatoms. The van der Waals surface area contributed by atoms with Crippen LogP contribution in [0.3, 0.4) is 0 Å². The molecule has 0 saturated carbocycles. The van der Waals surface area contributed by atoms with Crippen molar-refractivity contribution in [3.8, 4) is 17.2 Å². The van der Waals surface area contributed by atoms with Crippen molar-refractivity contribution < 1.29 is 14.2 Å². The molecule has 0 radical (unpaired) electrons. The topological polar surface area (TPSA) is 52.0 Å². The Hall–Kier alpha value is -3.55. The minimum atomic E-state index is 0.319. The molecular weight excluding hydrogens is 452 g/mol. The zero-order valence-corrected chi connectivity index (χ0v) is 20.7. The van der Waals surface area contributed by atoms with Gasteiger partial charge in [-0.1, -0.05) is 36.4 Å². The van der Waals surface area contributed by atoms with Crippen LogP contribution in [0, 0.1) is 0 Å². The highest BCUT2D eigenvalue weighted by Gasteiger charge is 2.20. The molecule has 0 atom stereocenters. The van der Waals surface area contributed by atoms with Crippen LogP contribution in [0.1, 0.15) is 23.4 Å². The van der Waals surface area contributed by atoms with Crippen molar-refractivity contribution in [2.45, 2.75) is 26.1 Å². The molecule has 0 amide bonds. The van der Waals surface area contributed by atoms with Gasteiger partial charge in [-0.25, -0.2) is 4.98 Å². The third kappa shape index (κ3) is 4.76. The minimum absolute atomic E-state index is 0.319. The first kappa shape index (κ1) is 22.9. The summed E-state index contributed by atoms with van der Waals surface area (Å²) in [4.78, 5) is 10.1. The summed E-state index contributed by atoms with van der Waals surface area (Å²) in [5, 5.41) is 0. The van der Waals surface area contributed by atoms with Crippen LogP contribution in [0.4, 0.5) is 0 Å². The third-order valence-electron chi connectivity index (χ3n) is 7.14. The highest BCUT2D eigenvalue weighted by Crippen LogP contribution is 2.33. The molecule has 1 fully saturated rings. The fourth-order valence-electron chi connectivity index (χ4n) is 5.26. The smallest absolute Gasteiger partial charge is 0.231 e. The monoisotopic (exact) mass is 484 g/mol. The van der Waals surface area contributed by atoms with E-state index in [-0.39, 0.29) is 0 Å². The van der Waals surface area contributed by atoms with Crippen LogP contribution in [-0.4, -0.2) is 59.4 Å².